The summed E-state index contributed by atoms with van der Waals surface area (Å²) in [6, 6.07) is 0. The Hall–Kier alpha value is -1.23. The number of fused-ring (bicyclic) bond motifs is 1. The van der Waals surface area contributed by atoms with E-state index in [1.807, 2.05) is 0 Å². The first kappa shape index (κ1) is 8.37. The van der Waals surface area contributed by atoms with Gasteiger partial charge in [-0.15, -0.1) is 11.8 Å². The van der Waals surface area contributed by atoms with Gasteiger partial charge in [0.1, 0.15) is 0 Å². The first-order chi connectivity index (χ1) is 6.43. The van der Waals surface area contributed by atoms with Crippen molar-refractivity contribution in [2.24, 2.45) is 16.6 Å². The maximum Gasteiger partial charge on any atom is 0.0801 e. The van der Waals surface area contributed by atoms with Crippen LogP contribution in [0, 0.1) is 17.8 Å². The summed E-state index contributed by atoms with van der Waals surface area (Å²) < 4.78 is 0. The fourth-order valence-corrected chi connectivity index (χ4v) is 2.01. The number of hydrogen-bond acceptors (Lipinski definition) is 1. The van der Waals surface area contributed by atoms with Crippen molar-refractivity contribution in [3.63, 3.8) is 0 Å². The second-order valence-corrected chi connectivity index (χ2v) is 3.49. The fraction of sp³-hybridized carbons (Fsp3) is 0.545. The van der Waals surface area contributed by atoms with E-state index >= 15 is 0 Å². The predicted molar refractivity (Wildman–Crippen MR) is 54.3 cm³/mol. The molecule has 13 heavy (non-hydrogen) atoms. The Bertz CT molecular complexity index is 315. The van der Waals surface area contributed by atoms with Crippen LogP contribution in [-0.4, -0.2) is 12.9 Å². The van der Waals surface area contributed by atoms with Gasteiger partial charge in [0.15, 0.2) is 0 Å². The molecule has 0 saturated heterocycles. The van der Waals surface area contributed by atoms with Crippen LogP contribution in [0.25, 0.3) is 0 Å². The van der Waals surface area contributed by atoms with E-state index in [4.69, 9.17) is 5.73 Å². The molecule has 0 aromatic carbocycles. The first-order valence-electron chi connectivity index (χ1n) is 4.81. The average molecular weight is 174 g/mol. The molecule has 0 radical (unpaired) electrons. The summed E-state index contributed by atoms with van der Waals surface area (Å²) in [5.41, 5.74) is 8.35. The van der Waals surface area contributed by atoms with Crippen molar-refractivity contribution in [3.05, 3.63) is 11.1 Å². The van der Waals surface area contributed by atoms with Gasteiger partial charge in [-0.2, -0.15) is 0 Å². The van der Waals surface area contributed by atoms with E-state index < -0.39 is 0 Å². The highest BCUT2D eigenvalue weighted by atomic mass is 14.8. The molecule has 0 fully saturated rings. The third-order valence-electron chi connectivity index (χ3n) is 2.74. The molecule has 0 amide bonds. The van der Waals surface area contributed by atoms with Crippen LogP contribution >= 0.6 is 0 Å². The Kier molecular flexibility index (Phi) is 2.35. The topological polar surface area (TPSA) is 38.4 Å². The molecule has 0 aliphatic heterocycles. The minimum absolute atomic E-state index is 0.735. The summed E-state index contributed by atoms with van der Waals surface area (Å²) >= 11 is 0. The fourth-order valence-electron chi connectivity index (χ4n) is 2.01. The second kappa shape index (κ2) is 3.66. The molecule has 2 aliphatic rings. The molecule has 1 atom stereocenters. The second-order valence-electron chi connectivity index (χ2n) is 3.49. The van der Waals surface area contributed by atoms with E-state index in [0.29, 0.717) is 0 Å². The van der Waals surface area contributed by atoms with E-state index in [0.717, 1.165) is 31.7 Å². The Morgan fingerprint density at radius 2 is 2.31 bits per heavy atom. The maximum atomic E-state index is 5.22. The lowest BCUT2D eigenvalue weighted by molar-refractivity contribution is 0.732. The zero-order chi connectivity index (χ0) is 9.10. The minimum Gasteiger partial charge on any atom is -0.390 e. The van der Waals surface area contributed by atoms with E-state index in [9.17, 15) is 0 Å². The van der Waals surface area contributed by atoms with E-state index in [1.165, 1.54) is 18.3 Å². The van der Waals surface area contributed by atoms with Gasteiger partial charge in [-0.1, -0.05) is 5.57 Å². The lowest BCUT2D eigenvalue weighted by Crippen LogP contribution is -1.92. The molecule has 0 saturated carbocycles. The molecular weight excluding hydrogens is 160 g/mol. The van der Waals surface area contributed by atoms with Crippen LogP contribution in [0.3, 0.4) is 0 Å². The number of allylic oxidation sites excluding steroid dienone is 1. The number of hydrogen-bond donors (Lipinski definition) is 1. The van der Waals surface area contributed by atoms with Crippen molar-refractivity contribution < 1.29 is 0 Å². The smallest absolute Gasteiger partial charge is 0.0801 e. The Morgan fingerprint density at radius 3 is 3.15 bits per heavy atom. The van der Waals surface area contributed by atoms with Crippen molar-refractivity contribution >= 4 is 6.34 Å². The first-order valence-corrected chi connectivity index (χ1v) is 4.81. The zero-order valence-electron chi connectivity index (χ0n) is 7.71. The molecule has 0 bridgehead atoms. The number of rotatable bonds is 2. The van der Waals surface area contributed by atoms with Crippen LogP contribution in [0.15, 0.2) is 16.1 Å². The summed E-state index contributed by atoms with van der Waals surface area (Å²) in [5.74, 6) is 7.09. The molecule has 0 aromatic rings. The molecule has 2 heteroatoms. The number of aliphatic imine (C=N–C) groups is 1. The Morgan fingerprint density at radius 1 is 1.46 bits per heavy atom. The monoisotopic (exact) mass is 174 g/mol. The van der Waals surface area contributed by atoms with Crippen LogP contribution in [-0.2, 0) is 0 Å². The minimum atomic E-state index is 0.735. The Labute approximate surface area is 78.9 Å². The molecular formula is C11H14N2. The van der Waals surface area contributed by atoms with Gasteiger partial charge in [0.05, 0.1) is 12.9 Å². The number of nitrogens with two attached hydrogens (primary N) is 1. The third-order valence-corrected chi connectivity index (χ3v) is 2.74. The summed E-state index contributed by atoms with van der Waals surface area (Å²) in [5, 5.41) is 0. The maximum absolute atomic E-state index is 5.22. The van der Waals surface area contributed by atoms with Gasteiger partial charge in [0.2, 0.25) is 0 Å². The van der Waals surface area contributed by atoms with Gasteiger partial charge in [0.25, 0.3) is 0 Å². The molecule has 0 spiro atoms. The standard InChI is InChI=1S/C11H14N2/c12-8-13-7-11-9-5-3-1-2-4-6-10(9)11/h8-9H,3-7H2,(H2,12,13). The summed E-state index contributed by atoms with van der Waals surface area (Å²) in [6.45, 7) is 0.816. The normalized spacial score (nSPS) is 26.0. The van der Waals surface area contributed by atoms with Gasteiger partial charge in [0, 0.05) is 18.8 Å². The average Bonchev–Trinajstić information content (AvgIpc) is 2.72. The van der Waals surface area contributed by atoms with E-state index in [-0.39, 0.29) is 0 Å². The zero-order valence-corrected chi connectivity index (χ0v) is 7.71. The van der Waals surface area contributed by atoms with Crippen LogP contribution in [0.5, 0.6) is 0 Å². The van der Waals surface area contributed by atoms with Gasteiger partial charge >= 0.3 is 0 Å². The third kappa shape index (κ3) is 1.75. The Balaban J connectivity index is 1.95. The van der Waals surface area contributed by atoms with Crippen molar-refractivity contribution in [1.29, 1.82) is 0 Å². The lowest BCUT2D eigenvalue weighted by Gasteiger charge is -1.98. The van der Waals surface area contributed by atoms with Gasteiger partial charge in [-0.3, -0.25) is 4.99 Å². The SMILES string of the molecule is NC=NCC1=C2CCC#CCCC21. The molecule has 68 valence electrons. The highest BCUT2D eigenvalue weighted by molar-refractivity contribution is 5.53. The highest BCUT2D eigenvalue weighted by Gasteiger charge is 2.34. The molecule has 0 heterocycles. The summed E-state index contributed by atoms with van der Waals surface area (Å²) in [4.78, 5) is 4.07. The van der Waals surface area contributed by atoms with Crippen LogP contribution in [0.4, 0.5) is 0 Å². The number of nitrogens with zero attached hydrogens (tertiary/aromatic N) is 1. The molecule has 1 unspecified atom stereocenters. The van der Waals surface area contributed by atoms with Crippen molar-refractivity contribution in [3.8, 4) is 11.8 Å². The summed E-state index contributed by atoms with van der Waals surface area (Å²) in [7, 11) is 0. The van der Waals surface area contributed by atoms with Gasteiger partial charge in [-0.05, 0) is 18.4 Å². The van der Waals surface area contributed by atoms with Crippen molar-refractivity contribution in [1.82, 2.24) is 0 Å². The van der Waals surface area contributed by atoms with Crippen LogP contribution in [0.1, 0.15) is 25.7 Å². The van der Waals surface area contributed by atoms with E-state index in [2.05, 4.69) is 16.8 Å². The largest absolute Gasteiger partial charge is 0.390 e. The predicted octanol–water partition coefficient (Wildman–Crippen LogP) is 1.48. The van der Waals surface area contributed by atoms with Crippen molar-refractivity contribution in [2.75, 3.05) is 6.54 Å². The quantitative estimate of drug-likeness (QED) is 0.293. The van der Waals surface area contributed by atoms with Crippen LogP contribution in [0.2, 0.25) is 0 Å². The van der Waals surface area contributed by atoms with Gasteiger partial charge in [-0.25, -0.2) is 0 Å². The molecule has 2 aliphatic carbocycles. The molecule has 2 rings (SSSR count). The molecule has 2 N–H and O–H groups in total. The molecule has 0 aromatic heterocycles. The lowest BCUT2D eigenvalue weighted by atomic mass is 10.1. The molecule has 2 nitrogen and oxygen atoms in total. The highest BCUT2D eigenvalue weighted by Crippen LogP contribution is 2.45. The summed E-state index contributed by atoms with van der Waals surface area (Å²) in [6.07, 6.45) is 5.84. The van der Waals surface area contributed by atoms with Crippen molar-refractivity contribution in [2.45, 2.75) is 25.7 Å². The van der Waals surface area contributed by atoms with E-state index in [1.54, 1.807) is 5.57 Å². The van der Waals surface area contributed by atoms with Crippen LogP contribution < -0.4 is 5.73 Å². The van der Waals surface area contributed by atoms with Gasteiger partial charge < -0.3 is 5.73 Å².